The molecule has 0 atom stereocenters. The number of hydrogen-bond donors (Lipinski definition) is 0. The Morgan fingerprint density at radius 1 is 1.22 bits per heavy atom. The topological polar surface area (TPSA) is 30.7 Å². The average Bonchev–Trinajstić information content (AvgIpc) is 2.66. The van der Waals surface area contributed by atoms with Crippen molar-refractivity contribution in [3.8, 4) is 11.3 Å². The molecule has 0 saturated heterocycles. The second-order valence-corrected chi connectivity index (χ2v) is 4.84. The van der Waals surface area contributed by atoms with Crippen molar-refractivity contribution in [2.45, 2.75) is 0 Å². The summed E-state index contributed by atoms with van der Waals surface area (Å²) in [5.41, 5.74) is 1.86. The van der Waals surface area contributed by atoms with Crippen LogP contribution in [0.5, 0.6) is 0 Å². The molecule has 0 radical (unpaired) electrons. The molecular weight excluding hydrogens is 297 g/mol. The molecule has 90 valence electrons. The van der Waals surface area contributed by atoms with E-state index in [0.29, 0.717) is 11.3 Å². The van der Waals surface area contributed by atoms with Gasteiger partial charge in [-0.15, -0.1) is 0 Å². The van der Waals surface area contributed by atoms with Crippen molar-refractivity contribution in [1.82, 2.24) is 14.5 Å². The molecule has 0 bridgehead atoms. The third kappa shape index (κ3) is 1.62. The summed E-state index contributed by atoms with van der Waals surface area (Å²) >= 11 is 3.47. The van der Waals surface area contributed by atoms with Crippen LogP contribution in [0, 0.1) is 5.82 Å². The summed E-state index contributed by atoms with van der Waals surface area (Å²) in [5.74, 6) is -0.284. The van der Waals surface area contributed by atoms with Crippen molar-refractivity contribution >= 4 is 27.0 Å². The molecule has 0 aliphatic rings. The van der Waals surface area contributed by atoms with Crippen LogP contribution >= 0.6 is 15.9 Å². The Labute approximate surface area is 111 Å². The predicted octanol–water partition coefficient (Wildman–Crippen LogP) is 3.54. The van der Waals surface area contributed by atoms with Gasteiger partial charge in [-0.2, -0.15) is 0 Å². The first-order valence-corrected chi connectivity index (χ1v) is 6.18. The zero-order chi connectivity index (χ0) is 12.7. The van der Waals surface area contributed by atoms with E-state index in [2.05, 4.69) is 25.9 Å². The molecule has 5 heteroatoms. The maximum atomic E-state index is 13.9. The Morgan fingerprint density at radius 3 is 2.78 bits per heavy atom. The molecule has 2 aromatic heterocycles. The minimum atomic E-state index is -0.284. The number of hydrogen-bond acceptors (Lipinski definition) is 2. The van der Waals surface area contributed by atoms with Gasteiger partial charge in [0.25, 0.3) is 0 Å². The largest absolute Gasteiger partial charge is 0.334 e. The van der Waals surface area contributed by atoms with Crippen LogP contribution in [0.3, 0.4) is 0 Å². The van der Waals surface area contributed by atoms with Crippen LogP contribution in [-0.4, -0.2) is 14.5 Å². The highest BCUT2D eigenvalue weighted by Crippen LogP contribution is 2.33. The van der Waals surface area contributed by atoms with Gasteiger partial charge in [-0.05, 0) is 28.1 Å². The first-order chi connectivity index (χ1) is 8.68. The lowest BCUT2D eigenvalue weighted by atomic mass is 10.1. The lowest BCUT2D eigenvalue weighted by molar-refractivity contribution is 0.631. The molecule has 3 aromatic rings. The highest BCUT2D eigenvalue weighted by Gasteiger charge is 2.15. The van der Waals surface area contributed by atoms with Crippen molar-refractivity contribution in [3.05, 3.63) is 47.1 Å². The third-order valence-corrected chi connectivity index (χ3v) is 3.44. The summed E-state index contributed by atoms with van der Waals surface area (Å²) in [5, 5.41) is 0.824. The van der Waals surface area contributed by atoms with Crippen molar-refractivity contribution < 1.29 is 4.39 Å². The molecule has 2 heterocycles. The fraction of sp³-hybridized carbons (Fsp3) is 0.0769. The molecule has 3 rings (SSSR count). The van der Waals surface area contributed by atoms with Crippen LogP contribution in [0.1, 0.15) is 0 Å². The lowest BCUT2D eigenvalue weighted by Crippen LogP contribution is -1.93. The number of aryl methyl sites for hydroxylation is 1. The number of halogens is 2. The maximum absolute atomic E-state index is 13.9. The second kappa shape index (κ2) is 4.17. The van der Waals surface area contributed by atoms with Gasteiger partial charge in [-0.3, -0.25) is 0 Å². The summed E-state index contributed by atoms with van der Waals surface area (Å²) in [6, 6.07) is 6.61. The van der Waals surface area contributed by atoms with Gasteiger partial charge in [0, 0.05) is 23.3 Å². The number of nitrogens with zero attached hydrogens (tertiary/aromatic N) is 3. The monoisotopic (exact) mass is 305 g/mol. The van der Waals surface area contributed by atoms with Gasteiger partial charge in [-0.25, -0.2) is 14.4 Å². The molecule has 0 saturated carbocycles. The Hall–Kier alpha value is -1.75. The quantitative estimate of drug-likeness (QED) is 0.688. The van der Waals surface area contributed by atoms with E-state index >= 15 is 0 Å². The summed E-state index contributed by atoms with van der Waals surface area (Å²) in [6.07, 6.45) is 3.35. The fourth-order valence-corrected chi connectivity index (χ4v) is 2.69. The van der Waals surface area contributed by atoms with E-state index in [1.807, 2.05) is 17.8 Å². The summed E-state index contributed by atoms with van der Waals surface area (Å²) < 4.78 is 16.6. The zero-order valence-corrected chi connectivity index (χ0v) is 11.1. The van der Waals surface area contributed by atoms with Crippen LogP contribution in [0.25, 0.3) is 22.3 Å². The zero-order valence-electron chi connectivity index (χ0n) is 9.56. The highest BCUT2D eigenvalue weighted by molar-refractivity contribution is 9.10. The molecule has 0 unspecified atom stereocenters. The Bertz CT molecular complexity index is 736. The molecule has 0 N–H and O–H groups in total. The molecular formula is C13H9BrFN3. The molecule has 0 fully saturated rings. The van der Waals surface area contributed by atoms with E-state index < -0.39 is 0 Å². The average molecular weight is 306 g/mol. The van der Waals surface area contributed by atoms with E-state index in [1.54, 1.807) is 18.2 Å². The summed E-state index contributed by atoms with van der Waals surface area (Å²) in [7, 11) is 1.89. The molecule has 0 aliphatic carbocycles. The van der Waals surface area contributed by atoms with Gasteiger partial charge in [0.2, 0.25) is 0 Å². The first kappa shape index (κ1) is 11.3. The molecule has 18 heavy (non-hydrogen) atoms. The van der Waals surface area contributed by atoms with Gasteiger partial charge in [0.05, 0.1) is 11.1 Å². The number of fused-ring (bicyclic) bond motifs is 1. The number of rotatable bonds is 1. The minimum Gasteiger partial charge on any atom is -0.334 e. The number of aromatic nitrogens is 3. The first-order valence-electron chi connectivity index (χ1n) is 5.39. The standard InChI is InChI=1S/C13H9BrFN3/c1-18-6-9(14)11-12(16-7-17-13(11)18)8-4-2-3-5-10(8)15/h2-7H,1H3. The highest BCUT2D eigenvalue weighted by atomic mass is 79.9. The van der Waals surface area contributed by atoms with Crippen LogP contribution < -0.4 is 0 Å². The van der Waals surface area contributed by atoms with Crippen LogP contribution in [0.15, 0.2) is 41.3 Å². The molecule has 0 aliphatic heterocycles. The van der Waals surface area contributed by atoms with E-state index in [4.69, 9.17) is 0 Å². The van der Waals surface area contributed by atoms with Crippen molar-refractivity contribution in [1.29, 1.82) is 0 Å². The minimum absolute atomic E-state index is 0.284. The lowest BCUT2D eigenvalue weighted by Gasteiger charge is -2.04. The molecule has 0 spiro atoms. The summed E-state index contributed by atoms with van der Waals surface area (Å²) in [4.78, 5) is 8.43. The van der Waals surface area contributed by atoms with Crippen LogP contribution in [-0.2, 0) is 7.05 Å². The molecule has 0 amide bonds. The number of benzene rings is 1. The molecule has 1 aromatic carbocycles. The Morgan fingerprint density at radius 2 is 2.00 bits per heavy atom. The predicted molar refractivity (Wildman–Crippen MR) is 71.6 cm³/mol. The summed E-state index contributed by atoms with van der Waals surface area (Å²) in [6.45, 7) is 0. The maximum Gasteiger partial charge on any atom is 0.144 e. The van der Waals surface area contributed by atoms with Gasteiger partial charge in [0.15, 0.2) is 0 Å². The van der Waals surface area contributed by atoms with Crippen molar-refractivity contribution in [2.24, 2.45) is 7.05 Å². The van der Waals surface area contributed by atoms with E-state index in [0.717, 1.165) is 15.5 Å². The third-order valence-electron chi connectivity index (χ3n) is 2.84. The Balaban J connectivity index is 2.40. The van der Waals surface area contributed by atoms with Gasteiger partial charge in [0.1, 0.15) is 17.8 Å². The van der Waals surface area contributed by atoms with Crippen LogP contribution in [0.4, 0.5) is 4.39 Å². The smallest absolute Gasteiger partial charge is 0.144 e. The fourth-order valence-electron chi connectivity index (χ4n) is 2.02. The van der Waals surface area contributed by atoms with Gasteiger partial charge < -0.3 is 4.57 Å². The molecule has 3 nitrogen and oxygen atoms in total. The van der Waals surface area contributed by atoms with E-state index in [1.165, 1.54) is 12.4 Å². The van der Waals surface area contributed by atoms with Crippen molar-refractivity contribution in [2.75, 3.05) is 0 Å². The SMILES string of the molecule is Cn1cc(Br)c2c(-c3ccccc3F)ncnc21. The van der Waals surface area contributed by atoms with Crippen LogP contribution in [0.2, 0.25) is 0 Å². The van der Waals surface area contributed by atoms with Gasteiger partial charge >= 0.3 is 0 Å². The second-order valence-electron chi connectivity index (χ2n) is 3.99. The Kier molecular flexibility index (Phi) is 2.63. The van der Waals surface area contributed by atoms with E-state index in [-0.39, 0.29) is 5.82 Å². The normalized spacial score (nSPS) is 11.1. The van der Waals surface area contributed by atoms with Gasteiger partial charge in [-0.1, -0.05) is 12.1 Å². The van der Waals surface area contributed by atoms with Crippen molar-refractivity contribution in [3.63, 3.8) is 0 Å². The van der Waals surface area contributed by atoms with E-state index in [9.17, 15) is 4.39 Å².